The first-order valence-electron chi connectivity index (χ1n) is 5.52. The zero-order chi connectivity index (χ0) is 11.0. The first-order chi connectivity index (χ1) is 6.56. The van der Waals surface area contributed by atoms with Crippen LogP contribution in [-0.4, -0.2) is 18.3 Å². The predicted molar refractivity (Wildman–Crippen MR) is 64.9 cm³/mol. The van der Waals surface area contributed by atoms with Gasteiger partial charge in [0.15, 0.2) is 0 Å². The summed E-state index contributed by atoms with van der Waals surface area (Å²) in [4.78, 5) is 4.46. The second-order valence-electron chi connectivity index (χ2n) is 4.00. The summed E-state index contributed by atoms with van der Waals surface area (Å²) in [6, 6.07) is 0.495. The van der Waals surface area contributed by atoms with Crippen LogP contribution in [0.1, 0.15) is 47.5 Å². The van der Waals surface area contributed by atoms with E-state index in [4.69, 9.17) is 0 Å². The number of nitrogens with one attached hydrogen (secondary N) is 1. The fourth-order valence-corrected chi connectivity index (χ4v) is 1.27. The zero-order valence-corrected chi connectivity index (χ0v) is 10.2. The van der Waals surface area contributed by atoms with Crippen LogP contribution in [0.3, 0.4) is 0 Å². The first kappa shape index (κ1) is 13.2. The Balaban J connectivity index is 3.99. The Morgan fingerprint density at radius 3 is 2.50 bits per heavy atom. The van der Waals surface area contributed by atoms with Crippen LogP contribution in [0.25, 0.3) is 0 Å². The van der Waals surface area contributed by atoms with E-state index in [0.717, 1.165) is 12.3 Å². The van der Waals surface area contributed by atoms with Crippen LogP contribution in [0.5, 0.6) is 0 Å². The molecule has 0 aromatic carbocycles. The molecule has 14 heavy (non-hydrogen) atoms. The second kappa shape index (κ2) is 7.60. The van der Waals surface area contributed by atoms with Gasteiger partial charge < -0.3 is 5.32 Å². The van der Waals surface area contributed by atoms with Gasteiger partial charge in [-0.3, -0.25) is 4.99 Å². The molecule has 0 aromatic heterocycles. The van der Waals surface area contributed by atoms with E-state index in [1.54, 1.807) is 0 Å². The third-order valence-electron chi connectivity index (χ3n) is 1.81. The minimum absolute atomic E-state index is 0.495. The third kappa shape index (κ3) is 7.84. The molecule has 2 nitrogen and oxygen atoms in total. The molecule has 0 saturated heterocycles. The molecule has 1 N–H and O–H groups in total. The molecule has 0 fully saturated rings. The van der Waals surface area contributed by atoms with Gasteiger partial charge in [0.1, 0.15) is 0 Å². The molecule has 0 atom stereocenters. The van der Waals surface area contributed by atoms with E-state index in [0.29, 0.717) is 6.04 Å². The first-order valence-corrected chi connectivity index (χ1v) is 5.52. The molecule has 0 spiro atoms. The molecule has 0 aliphatic heterocycles. The Hall–Kier alpha value is -0.790. The van der Waals surface area contributed by atoms with Gasteiger partial charge in [0.2, 0.25) is 0 Å². The monoisotopic (exact) mass is 196 g/mol. The van der Waals surface area contributed by atoms with Crippen molar-refractivity contribution in [2.45, 2.75) is 53.5 Å². The van der Waals surface area contributed by atoms with E-state index in [1.807, 2.05) is 0 Å². The fraction of sp³-hybridized carbons (Fsp3) is 0.750. The highest BCUT2D eigenvalue weighted by molar-refractivity contribution is 5.93. The summed E-state index contributed by atoms with van der Waals surface area (Å²) in [5.41, 5.74) is 2.31. The maximum atomic E-state index is 4.46. The van der Waals surface area contributed by atoms with Gasteiger partial charge in [-0.25, -0.2) is 0 Å². The van der Waals surface area contributed by atoms with Crippen LogP contribution in [-0.2, 0) is 0 Å². The largest absolute Gasteiger partial charge is 0.386 e. The Kier molecular flexibility index (Phi) is 7.17. The highest BCUT2D eigenvalue weighted by Crippen LogP contribution is 1.94. The molecular weight excluding hydrogens is 172 g/mol. The number of unbranched alkanes of at least 4 members (excludes halogenated alkanes) is 1. The van der Waals surface area contributed by atoms with E-state index in [-0.39, 0.29) is 0 Å². The van der Waals surface area contributed by atoms with E-state index in [1.165, 1.54) is 18.5 Å². The highest BCUT2D eigenvalue weighted by atomic mass is 14.9. The maximum absolute atomic E-state index is 4.46. The molecule has 0 aliphatic carbocycles. The van der Waals surface area contributed by atoms with Crippen molar-refractivity contribution >= 4 is 5.71 Å². The molecule has 0 radical (unpaired) electrons. The van der Waals surface area contributed by atoms with Crippen LogP contribution < -0.4 is 5.32 Å². The summed E-state index contributed by atoms with van der Waals surface area (Å²) >= 11 is 0. The predicted octanol–water partition coefficient (Wildman–Crippen LogP) is 3.15. The van der Waals surface area contributed by atoms with Crippen LogP contribution in [0, 0.1) is 0 Å². The second-order valence-corrected chi connectivity index (χ2v) is 4.00. The van der Waals surface area contributed by atoms with Crippen molar-refractivity contribution in [2.24, 2.45) is 4.99 Å². The highest BCUT2D eigenvalue weighted by Gasteiger charge is 1.93. The van der Waals surface area contributed by atoms with Crippen LogP contribution in [0.4, 0.5) is 0 Å². The standard InChI is InChI=1S/C12H24N2/c1-6-7-8-13-11(4)9-12(5)14-10(2)3/h9-10,14H,6-8H2,1-5H3. The molecule has 0 aromatic rings. The molecular formula is C12H24N2. The summed E-state index contributed by atoms with van der Waals surface area (Å²) in [6.45, 7) is 11.6. The molecule has 0 aliphatic rings. The summed E-state index contributed by atoms with van der Waals surface area (Å²) in [5.74, 6) is 0. The van der Waals surface area contributed by atoms with Crippen molar-refractivity contribution in [3.8, 4) is 0 Å². The van der Waals surface area contributed by atoms with E-state index in [2.05, 4.69) is 51.0 Å². The van der Waals surface area contributed by atoms with Crippen molar-refractivity contribution in [1.82, 2.24) is 5.32 Å². The quantitative estimate of drug-likeness (QED) is 0.512. The van der Waals surface area contributed by atoms with Gasteiger partial charge >= 0.3 is 0 Å². The van der Waals surface area contributed by atoms with Crippen LogP contribution >= 0.6 is 0 Å². The van der Waals surface area contributed by atoms with Gasteiger partial charge in [0.05, 0.1) is 0 Å². The number of allylic oxidation sites excluding steroid dienone is 2. The lowest BCUT2D eigenvalue weighted by Crippen LogP contribution is -2.20. The summed E-state index contributed by atoms with van der Waals surface area (Å²) < 4.78 is 0. The Morgan fingerprint density at radius 1 is 1.36 bits per heavy atom. The van der Waals surface area contributed by atoms with Crippen LogP contribution in [0.15, 0.2) is 16.8 Å². The molecule has 82 valence electrons. The van der Waals surface area contributed by atoms with Gasteiger partial charge in [0, 0.05) is 24.0 Å². The third-order valence-corrected chi connectivity index (χ3v) is 1.81. The van der Waals surface area contributed by atoms with E-state index < -0.39 is 0 Å². The molecule has 0 bridgehead atoms. The summed E-state index contributed by atoms with van der Waals surface area (Å²) in [5, 5.41) is 3.34. The number of aliphatic imine (C=N–C) groups is 1. The zero-order valence-electron chi connectivity index (χ0n) is 10.2. The molecule has 0 amide bonds. The summed E-state index contributed by atoms with van der Waals surface area (Å²) in [7, 11) is 0. The van der Waals surface area contributed by atoms with Gasteiger partial charge in [-0.15, -0.1) is 0 Å². The van der Waals surface area contributed by atoms with E-state index >= 15 is 0 Å². The van der Waals surface area contributed by atoms with Gasteiger partial charge in [-0.2, -0.15) is 0 Å². The van der Waals surface area contributed by atoms with Crippen molar-refractivity contribution in [3.05, 3.63) is 11.8 Å². The topological polar surface area (TPSA) is 24.4 Å². The van der Waals surface area contributed by atoms with Crippen LogP contribution in [0.2, 0.25) is 0 Å². The van der Waals surface area contributed by atoms with Crippen molar-refractivity contribution in [1.29, 1.82) is 0 Å². The van der Waals surface area contributed by atoms with Gasteiger partial charge in [-0.05, 0) is 40.2 Å². The van der Waals surface area contributed by atoms with Crippen molar-refractivity contribution in [3.63, 3.8) is 0 Å². The average Bonchev–Trinajstić information content (AvgIpc) is 2.02. The van der Waals surface area contributed by atoms with Gasteiger partial charge in [-0.1, -0.05) is 13.3 Å². The minimum atomic E-state index is 0.495. The number of rotatable bonds is 6. The molecule has 0 unspecified atom stereocenters. The lowest BCUT2D eigenvalue weighted by molar-refractivity contribution is 0.670. The molecule has 0 heterocycles. The number of nitrogens with zero attached hydrogens (tertiary/aromatic N) is 1. The van der Waals surface area contributed by atoms with Crippen molar-refractivity contribution < 1.29 is 0 Å². The minimum Gasteiger partial charge on any atom is -0.386 e. The Morgan fingerprint density at radius 2 is 2.00 bits per heavy atom. The van der Waals surface area contributed by atoms with Crippen molar-refractivity contribution in [2.75, 3.05) is 6.54 Å². The maximum Gasteiger partial charge on any atom is 0.0392 e. The molecule has 0 rings (SSSR count). The SMILES string of the molecule is CCCCN=C(C)C=C(C)NC(C)C. The molecule has 0 saturated carbocycles. The smallest absolute Gasteiger partial charge is 0.0392 e. The number of hydrogen-bond donors (Lipinski definition) is 1. The molecule has 2 heteroatoms. The average molecular weight is 196 g/mol. The fourth-order valence-electron chi connectivity index (χ4n) is 1.27. The normalized spacial score (nSPS) is 13.6. The van der Waals surface area contributed by atoms with E-state index in [9.17, 15) is 0 Å². The Labute approximate surface area is 88.5 Å². The number of hydrogen-bond acceptors (Lipinski definition) is 2. The van der Waals surface area contributed by atoms with Gasteiger partial charge in [0.25, 0.3) is 0 Å². The lowest BCUT2D eigenvalue weighted by atomic mass is 10.3. The Bertz CT molecular complexity index is 202. The summed E-state index contributed by atoms with van der Waals surface area (Å²) in [6.07, 6.45) is 4.50. The lowest BCUT2D eigenvalue weighted by Gasteiger charge is -2.09.